The molecule has 1 fully saturated rings. The third kappa shape index (κ3) is 3.57. The Labute approximate surface area is 147 Å². The van der Waals surface area contributed by atoms with Crippen molar-refractivity contribution in [3.05, 3.63) is 53.9 Å². The zero-order chi connectivity index (χ0) is 18.0. The number of anilines is 1. The number of hydrogen-bond acceptors (Lipinski definition) is 4. The minimum absolute atomic E-state index is 0.112. The van der Waals surface area contributed by atoms with Gasteiger partial charge in [0.1, 0.15) is 10.9 Å². The van der Waals surface area contributed by atoms with E-state index in [2.05, 4.69) is 10.3 Å². The Kier molecular flexibility index (Phi) is 4.87. The molecule has 0 radical (unpaired) electrons. The molecule has 1 saturated heterocycles. The molecule has 3 rings (SSSR count). The summed E-state index contributed by atoms with van der Waals surface area (Å²) in [5, 5.41) is 2.89. The lowest BCUT2D eigenvalue weighted by molar-refractivity contribution is -0.119. The van der Waals surface area contributed by atoms with Crippen molar-refractivity contribution >= 4 is 21.6 Å². The molecule has 132 valence electrons. The van der Waals surface area contributed by atoms with E-state index in [4.69, 9.17) is 0 Å². The van der Waals surface area contributed by atoms with Crippen molar-refractivity contribution < 1.29 is 13.2 Å². The molecule has 1 amide bonds. The first-order chi connectivity index (χ1) is 11.9. The molecule has 2 aromatic rings. The fraction of sp³-hybridized carbons (Fsp3) is 0.333. The smallest absolute Gasteiger partial charge is 0.245 e. The number of amides is 1. The number of hydrogen-bond donors (Lipinski definition) is 1. The number of aryl methyl sites for hydroxylation is 2. The Hall–Kier alpha value is -2.25. The molecule has 1 N–H and O–H groups in total. The lowest BCUT2D eigenvalue weighted by Gasteiger charge is -2.23. The number of carbonyl (C=O) groups is 1. The summed E-state index contributed by atoms with van der Waals surface area (Å²) in [6.45, 7) is 4.19. The average Bonchev–Trinajstić information content (AvgIpc) is 3.09. The summed E-state index contributed by atoms with van der Waals surface area (Å²) in [6, 6.07) is 8.17. The van der Waals surface area contributed by atoms with Gasteiger partial charge in [-0.05, 0) is 56.0 Å². The number of nitrogens with one attached hydrogen (secondary N) is 1. The minimum Gasteiger partial charge on any atom is -0.324 e. The van der Waals surface area contributed by atoms with Crippen LogP contribution in [-0.2, 0) is 14.8 Å². The molecule has 1 unspecified atom stereocenters. The van der Waals surface area contributed by atoms with Crippen LogP contribution in [0.25, 0.3) is 0 Å². The van der Waals surface area contributed by atoms with E-state index in [1.54, 1.807) is 6.07 Å². The van der Waals surface area contributed by atoms with Gasteiger partial charge in [-0.2, -0.15) is 4.31 Å². The second kappa shape index (κ2) is 6.93. The van der Waals surface area contributed by atoms with Gasteiger partial charge in [0.2, 0.25) is 15.9 Å². The molecule has 1 aromatic carbocycles. The Morgan fingerprint density at radius 3 is 2.80 bits per heavy atom. The average molecular weight is 359 g/mol. The van der Waals surface area contributed by atoms with Crippen molar-refractivity contribution in [2.24, 2.45) is 0 Å². The van der Waals surface area contributed by atoms with Gasteiger partial charge in [-0.3, -0.25) is 9.78 Å². The molecule has 2 heterocycles. The number of sulfonamides is 1. The van der Waals surface area contributed by atoms with E-state index in [-0.39, 0.29) is 10.8 Å². The lowest BCUT2D eigenvalue weighted by atomic mass is 10.1. The van der Waals surface area contributed by atoms with Crippen LogP contribution in [0.3, 0.4) is 0 Å². The molecule has 1 aliphatic heterocycles. The largest absolute Gasteiger partial charge is 0.324 e. The summed E-state index contributed by atoms with van der Waals surface area (Å²) < 4.78 is 26.9. The second-order valence-corrected chi connectivity index (χ2v) is 8.16. The van der Waals surface area contributed by atoms with Crippen LogP contribution in [0.2, 0.25) is 0 Å². The second-order valence-electron chi connectivity index (χ2n) is 6.27. The van der Waals surface area contributed by atoms with Crippen LogP contribution in [-0.4, -0.2) is 36.2 Å². The maximum Gasteiger partial charge on any atom is 0.245 e. The molecular weight excluding hydrogens is 338 g/mol. The zero-order valence-corrected chi connectivity index (χ0v) is 15.1. The van der Waals surface area contributed by atoms with Crippen LogP contribution in [0.1, 0.15) is 24.0 Å². The predicted octanol–water partition coefficient (Wildman–Crippen LogP) is 2.49. The molecule has 0 spiro atoms. The summed E-state index contributed by atoms with van der Waals surface area (Å²) in [4.78, 5) is 16.7. The highest BCUT2D eigenvalue weighted by atomic mass is 32.2. The molecule has 7 heteroatoms. The van der Waals surface area contributed by atoms with Gasteiger partial charge in [-0.25, -0.2) is 8.42 Å². The first-order valence-corrected chi connectivity index (χ1v) is 9.63. The van der Waals surface area contributed by atoms with Gasteiger partial charge in [0.15, 0.2) is 0 Å². The van der Waals surface area contributed by atoms with Gasteiger partial charge in [-0.1, -0.05) is 12.1 Å². The molecule has 0 bridgehead atoms. The third-order valence-electron chi connectivity index (χ3n) is 4.40. The van der Waals surface area contributed by atoms with E-state index in [1.807, 2.05) is 32.0 Å². The van der Waals surface area contributed by atoms with Crippen LogP contribution in [0.5, 0.6) is 0 Å². The first kappa shape index (κ1) is 17.6. The highest BCUT2D eigenvalue weighted by Gasteiger charge is 2.39. The predicted molar refractivity (Wildman–Crippen MR) is 95.7 cm³/mol. The van der Waals surface area contributed by atoms with Crippen molar-refractivity contribution in [1.82, 2.24) is 9.29 Å². The standard InChI is InChI=1S/C18H21N3O3S/c1-13-7-8-14(2)16(11-13)20-18(22)17-6-4-10-21(17)25(23,24)15-5-3-9-19-12-15/h3,5,7-9,11-12,17H,4,6,10H2,1-2H3,(H,20,22). The van der Waals surface area contributed by atoms with Gasteiger partial charge in [0.05, 0.1) is 0 Å². The molecule has 0 saturated carbocycles. The molecule has 25 heavy (non-hydrogen) atoms. The van der Waals surface area contributed by atoms with Crippen LogP contribution < -0.4 is 5.32 Å². The molecule has 1 atom stereocenters. The number of rotatable bonds is 4. The summed E-state index contributed by atoms with van der Waals surface area (Å²) in [7, 11) is -3.73. The van der Waals surface area contributed by atoms with Gasteiger partial charge >= 0.3 is 0 Å². The summed E-state index contributed by atoms with van der Waals surface area (Å²) in [5.41, 5.74) is 2.70. The molecular formula is C18H21N3O3S. The maximum atomic E-state index is 12.8. The summed E-state index contributed by atoms with van der Waals surface area (Å²) >= 11 is 0. The fourth-order valence-electron chi connectivity index (χ4n) is 3.01. The highest BCUT2D eigenvalue weighted by molar-refractivity contribution is 7.89. The van der Waals surface area contributed by atoms with E-state index in [9.17, 15) is 13.2 Å². The van der Waals surface area contributed by atoms with E-state index in [0.717, 1.165) is 16.8 Å². The lowest BCUT2D eigenvalue weighted by Crippen LogP contribution is -2.43. The number of nitrogens with zero attached hydrogens (tertiary/aromatic N) is 2. The Balaban J connectivity index is 1.84. The normalized spacial score (nSPS) is 18.2. The third-order valence-corrected chi connectivity index (χ3v) is 6.29. The van der Waals surface area contributed by atoms with Gasteiger partial charge in [-0.15, -0.1) is 0 Å². The van der Waals surface area contributed by atoms with Gasteiger partial charge < -0.3 is 5.32 Å². The van der Waals surface area contributed by atoms with Crippen molar-refractivity contribution in [3.8, 4) is 0 Å². The van der Waals surface area contributed by atoms with Gasteiger partial charge in [0, 0.05) is 24.6 Å². The van der Waals surface area contributed by atoms with Crippen LogP contribution in [0, 0.1) is 13.8 Å². The monoisotopic (exact) mass is 359 g/mol. The van der Waals surface area contributed by atoms with Crippen LogP contribution >= 0.6 is 0 Å². The Morgan fingerprint density at radius 1 is 1.28 bits per heavy atom. The van der Waals surface area contributed by atoms with Crippen molar-refractivity contribution in [2.45, 2.75) is 37.6 Å². The number of aromatic nitrogens is 1. The number of pyridine rings is 1. The topological polar surface area (TPSA) is 79.4 Å². The quantitative estimate of drug-likeness (QED) is 0.910. The Bertz CT molecular complexity index is 882. The van der Waals surface area contributed by atoms with Crippen molar-refractivity contribution in [3.63, 3.8) is 0 Å². The maximum absolute atomic E-state index is 12.8. The van der Waals surface area contributed by atoms with E-state index < -0.39 is 16.1 Å². The molecule has 0 aliphatic carbocycles. The molecule has 6 nitrogen and oxygen atoms in total. The van der Waals surface area contributed by atoms with Crippen LogP contribution in [0.15, 0.2) is 47.6 Å². The molecule has 1 aromatic heterocycles. The summed E-state index contributed by atoms with van der Waals surface area (Å²) in [6.07, 6.45) is 4.00. The van der Waals surface area contributed by atoms with Gasteiger partial charge in [0.25, 0.3) is 0 Å². The number of benzene rings is 1. The van der Waals surface area contributed by atoms with E-state index in [0.29, 0.717) is 19.4 Å². The van der Waals surface area contributed by atoms with E-state index in [1.165, 1.54) is 22.8 Å². The minimum atomic E-state index is -3.73. The SMILES string of the molecule is Cc1ccc(C)c(NC(=O)C2CCCN2S(=O)(=O)c2cccnc2)c1. The van der Waals surface area contributed by atoms with E-state index >= 15 is 0 Å². The summed E-state index contributed by atoms with van der Waals surface area (Å²) in [5.74, 6) is -0.293. The fourth-order valence-corrected chi connectivity index (χ4v) is 4.63. The van der Waals surface area contributed by atoms with Crippen LogP contribution in [0.4, 0.5) is 5.69 Å². The molecule has 1 aliphatic rings. The number of carbonyl (C=O) groups excluding carboxylic acids is 1. The zero-order valence-electron chi connectivity index (χ0n) is 14.3. The Morgan fingerprint density at radius 2 is 2.08 bits per heavy atom. The van der Waals surface area contributed by atoms with Crippen molar-refractivity contribution in [1.29, 1.82) is 0 Å². The first-order valence-electron chi connectivity index (χ1n) is 8.19. The van der Waals surface area contributed by atoms with Crippen molar-refractivity contribution in [2.75, 3.05) is 11.9 Å². The highest BCUT2D eigenvalue weighted by Crippen LogP contribution is 2.27.